The molecule has 0 radical (unpaired) electrons. The SMILES string of the molecule is O=C(c1cnn2ccccc12)N1C[C@H]2COCC[C@@]2(C(=O)O)C1. The number of carboxylic acids is 1. The van der Waals surface area contributed by atoms with E-state index in [4.69, 9.17) is 4.74 Å². The second-order valence-corrected chi connectivity index (χ2v) is 6.26. The Morgan fingerprint density at radius 3 is 3.04 bits per heavy atom. The standard InChI is InChI=1S/C16H17N3O4/c20-14(12-7-17-19-5-2-1-3-13(12)19)18-8-11-9-23-6-4-16(11,10-18)15(21)22/h1-3,5,7,11H,4,6,8-10H2,(H,21,22)/t11-,16+/m0/s1. The average Bonchev–Trinajstić information content (AvgIpc) is 3.16. The molecule has 1 N–H and O–H groups in total. The van der Waals surface area contributed by atoms with Crippen LogP contribution in [0.1, 0.15) is 16.8 Å². The minimum absolute atomic E-state index is 0.153. The number of carboxylic acid groups (broad SMARTS) is 1. The van der Waals surface area contributed by atoms with E-state index >= 15 is 0 Å². The fraction of sp³-hybridized carbons (Fsp3) is 0.438. The molecule has 2 saturated heterocycles. The molecule has 0 bridgehead atoms. The lowest BCUT2D eigenvalue weighted by molar-refractivity contribution is -0.157. The Kier molecular flexibility index (Phi) is 3.12. The normalized spacial score (nSPS) is 27.1. The molecular weight excluding hydrogens is 298 g/mol. The van der Waals surface area contributed by atoms with Gasteiger partial charge in [0.15, 0.2) is 0 Å². The van der Waals surface area contributed by atoms with E-state index in [-0.39, 0.29) is 18.4 Å². The molecule has 2 atom stereocenters. The van der Waals surface area contributed by atoms with Crippen LogP contribution in [0.15, 0.2) is 30.6 Å². The number of fused-ring (bicyclic) bond motifs is 2. The van der Waals surface area contributed by atoms with Gasteiger partial charge in [0.05, 0.1) is 29.3 Å². The lowest BCUT2D eigenvalue weighted by Crippen LogP contribution is -2.45. The summed E-state index contributed by atoms with van der Waals surface area (Å²) in [6.07, 6.45) is 3.78. The van der Waals surface area contributed by atoms with Gasteiger partial charge in [-0.2, -0.15) is 5.10 Å². The molecular formula is C16H17N3O4. The molecule has 0 unspecified atom stereocenters. The van der Waals surface area contributed by atoms with Crippen molar-refractivity contribution < 1.29 is 19.4 Å². The molecule has 2 fully saturated rings. The lowest BCUT2D eigenvalue weighted by atomic mass is 9.74. The van der Waals surface area contributed by atoms with Crippen molar-refractivity contribution in [2.75, 3.05) is 26.3 Å². The third-order valence-electron chi connectivity index (χ3n) is 5.08. The van der Waals surface area contributed by atoms with Gasteiger partial charge in [-0.25, -0.2) is 4.52 Å². The summed E-state index contributed by atoms with van der Waals surface area (Å²) in [7, 11) is 0. The summed E-state index contributed by atoms with van der Waals surface area (Å²) >= 11 is 0. The summed E-state index contributed by atoms with van der Waals surface area (Å²) in [6, 6.07) is 5.53. The van der Waals surface area contributed by atoms with Crippen molar-refractivity contribution in [1.82, 2.24) is 14.5 Å². The molecule has 23 heavy (non-hydrogen) atoms. The van der Waals surface area contributed by atoms with Crippen molar-refractivity contribution in [3.8, 4) is 0 Å². The minimum atomic E-state index is -0.878. The number of likely N-dealkylation sites (tertiary alicyclic amines) is 1. The summed E-state index contributed by atoms with van der Waals surface area (Å²) in [4.78, 5) is 26.3. The zero-order valence-electron chi connectivity index (χ0n) is 12.5. The van der Waals surface area contributed by atoms with Gasteiger partial charge in [0, 0.05) is 31.8 Å². The van der Waals surface area contributed by atoms with E-state index in [0.29, 0.717) is 31.7 Å². The fourth-order valence-electron chi connectivity index (χ4n) is 3.72. The maximum atomic E-state index is 12.9. The first-order valence-electron chi connectivity index (χ1n) is 7.64. The minimum Gasteiger partial charge on any atom is -0.481 e. The van der Waals surface area contributed by atoms with Crippen LogP contribution in [-0.2, 0) is 9.53 Å². The second-order valence-electron chi connectivity index (χ2n) is 6.26. The summed E-state index contributed by atoms with van der Waals surface area (Å²) in [5.74, 6) is -1.15. The Morgan fingerprint density at radius 2 is 2.26 bits per heavy atom. The number of aromatic nitrogens is 2. The Balaban J connectivity index is 1.66. The van der Waals surface area contributed by atoms with Crippen molar-refractivity contribution in [3.05, 3.63) is 36.2 Å². The molecule has 4 heterocycles. The number of hydrogen-bond donors (Lipinski definition) is 1. The Hall–Kier alpha value is -2.41. The van der Waals surface area contributed by atoms with Crippen molar-refractivity contribution in [2.45, 2.75) is 6.42 Å². The van der Waals surface area contributed by atoms with E-state index in [0.717, 1.165) is 5.52 Å². The van der Waals surface area contributed by atoms with E-state index in [1.807, 2.05) is 18.2 Å². The van der Waals surface area contributed by atoms with Gasteiger partial charge >= 0.3 is 5.97 Å². The molecule has 120 valence electrons. The highest BCUT2D eigenvalue weighted by Gasteiger charge is 2.55. The molecule has 0 aliphatic carbocycles. The number of rotatable bonds is 2. The van der Waals surface area contributed by atoms with E-state index in [2.05, 4.69) is 5.10 Å². The second kappa shape index (κ2) is 5.06. The highest BCUT2D eigenvalue weighted by molar-refractivity contribution is 6.01. The van der Waals surface area contributed by atoms with Gasteiger partial charge < -0.3 is 14.7 Å². The Morgan fingerprint density at radius 1 is 1.39 bits per heavy atom. The first-order chi connectivity index (χ1) is 11.1. The zero-order valence-corrected chi connectivity index (χ0v) is 12.5. The van der Waals surface area contributed by atoms with Crippen LogP contribution < -0.4 is 0 Å². The number of carbonyl (C=O) groups is 2. The summed E-state index contributed by atoms with van der Waals surface area (Å²) in [6.45, 7) is 1.47. The predicted molar refractivity (Wildman–Crippen MR) is 80.1 cm³/mol. The third-order valence-corrected chi connectivity index (χ3v) is 5.08. The number of ether oxygens (including phenoxy) is 1. The number of carbonyl (C=O) groups excluding carboxylic acids is 1. The van der Waals surface area contributed by atoms with Crippen molar-refractivity contribution in [3.63, 3.8) is 0 Å². The van der Waals surface area contributed by atoms with Gasteiger partial charge in [-0.3, -0.25) is 9.59 Å². The summed E-state index contributed by atoms with van der Waals surface area (Å²) in [5, 5.41) is 13.9. The van der Waals surface area contributed by atoms with Crippen LogP contribution in [0.4, 0.5) is 0 Å². The molecule has 0 spiro atoms. The Bertz CT molecular complexity index is 786. The first-order valence-corrected chi connectivity index (χ1v) is 7.64. The maximum absolute atomic E-state index is 12.9. The van der Waals surface area contributed by atoms with Gasteiger partial charge in [-0.15, -0.1) is 0 Å². The van der Waals surface area contributed by atoms with Crippen LogP contribution in [0, 0.1) is 11.3 Å². The summed E-state index contributed by atoms with van der Waals surface area (Å²) < 4.78 is 7.08. The predicted octanol–water partition coefficient (Wildman–Crippen LogP) is 0.898. The highest BCUT2D eigenvalue weighted by atomic mass is 16.5. The zero-order chi connectivity index (χ0) is 16.0. The number of hydrogen-bond acceptors (Lipinski definition) is 4. The van der Waals surface area contributed by atoms with Gasteiger partial charge in [0.25, 0.3) is 5.91 Å². The highest BCUT2D eigenvalue weighted by Crippen LogP contribution is 2.42. The molecule has 1 amide bonds. The van der Waals surface area contributed by atoms with Crippen LogP contribution >= 0.6 is 0 Å². The van der Waals surface area contributed by atoms with E-state index in [1.165, 1.54) is 0 Å². The number of nitrogens with zero attached hydrogens (tertiary/aromatic N) is 3. The van der Waals surface area contributed by atoms with Crippen LogP contribution in [0.2, 0.25) is 0 Å². The lowest BCUT2D eigenvalue weighted by Gasteiger charge is -2.33. The molecule has 2 aromatic rings. The van der Waals surface area contributed by atoms with Crippen LogP contribution in [0.5, 0.6) is 0 Å². The summed E-state index contributed by atoms with van der Waals surface area (Å²) in [5.41, 5.74) is 0.357. The molecule has 7 nitrogen and oxygen atoms in total. The van der Waals surface area contributed by atoms with E-state index in [1.54, 1.807) is 21.8 Å². The van der Waals surface area contributed by atoms with Crippen LogP contribution in [0.3, 0.4) is 0 Å². The molecule has 4 rings (SSSR count). The molecule has 7 heteroatoms. The molecule has 0 aromatic carbocycles. The van der Waals surface area contributed by atoms with Crippen molar-refractivity contribution in [1.29, 1.82) is 0 Å². The quantitative estimate of drug-likeness (QED) is 0.890. The third kappa shape index (κ3) is 2.03. The maximum Gasteiger partial charge on any atom is 0.311 e. The molecule has 2 aliphatic rings. The topological polar surface area (TPSA) is 84.1 Å². The number of aliphatic carboxylic acids is 1. The van der Waals surface area contributed by atoms with Crippen molar-refractivity contribution >= 4 is 17.4 Å². The first kappa shape index (κ1) is 14.2. The molecule has 2 aliphatic heterocycles. The van der Waals surface area contributed by atoms with Crippen LogP contribution in [0.25, 0.3) is 5.52 Å². The average molecular weight is 315 g/mol. The monoisotopic (exact) mass is 315 g/mol. The number of pyridine rings is 1. The Labute approximate surface area is 132 Å². The van der Waals surface area contributed by atoms with E-state index in [9.17, 15) is 14.7 Å². The molecule has 2 aromatic heterocycles. The van der Waals surface area contributed by atoms with Gasteiger partial charge in [-0.1, -0.05) is 6.07 Å². The largest absolute Gasteiger partial charge is 0.481 e. The van der Waals surface area contributed by atoms with E-state index < -0.39 is 11.4 Å². The van der Waals surface area contributed by atoms with Gasteiger partial charge in [-0.05, 0) is 18.6 Å². The van der Waals surface area contributed by atoms with Gasteiger partial charge in [0.1, 0.15) is 0 Å². The molecule has 0 saturated carbocycles. The smallest absolute Gasteiger partial charge is 0.311 e. The number of amides is 1. The van der Waals surface area contributed by atoms with Crippen molar-refractivity contribution in [2.24, 2.45) is 11.3 Å². The van der Waals surface area contributed by atoms with Gasteiger partial charge in [0.2, 0.25) is 0 Å². The fourth-order valence-corrected chi connectivity index (χ4v) is 3.72. The van der Waals surface area contributed by atoms with Crippen LogP contribution in [-0.4, -0.2) is 57.8 Å².